The van der Waals surface area contributed by atoms with Gasteiger partial charge in [-0.3, -0.25) is 4.79 Å². The molecule has 1 aliphatic rings. The van der Waals surface area contributed by atoms with Gasteiger partial charge < -0.3 is 10.1 Å². The van der Waals surface area contributed by atoms with Gasteiger partial charge in [0, 0.05) is 6.04 Å². The number of hydrogen-bond donors (Lipinski definition) is 1. The number of amides is 1. The molecule has 2 aromatic carbocycles. The SMILES string of the molecule is C[C@H](NC(=O)COc1ccc(-c2ccccc2)cc1)C1CC1. The lowest BCUT2D eigenvalue weighted by atomic mass is 10.1. The maximum Gasteiger partial charge on any atom is 0.258 e. The van der Waals surface area contributed by atoms with Gasteiger partial charge in [0.25, 0.3) is 5.91 Å². The summed E-state index contributed by atoms with van der Waals surface area (Å²) < 4.78 is 5.55. The second kappa shape index (κ2) is 6.65. The number of ether oxygens (including phenoxy) is 1. The molecule has 1 fully saturated rings. The van der Waals surface area contributed by atoms with Crippen molar-refractivity contribution in [2.75, 3.05) is 6.61 Å². The van der Waals surface area contributed by atoms with Gasteiger partial charge in [-0.1, -0.05) is 42.5 Å². The van der Waals surface area contributed by atoms with Gasteiger partial charge in [-0.2, -0.15) is 0 Å². The van der Waals surface area contributed by atoms with E-state index >= 15 is 0 Å². The quantitative estimate of drug-likeness (QED) is 0.883. The predicted octanol–water partition coefficient (Wildman–Crippen LogP) is 3.65. The highest BCUT2D eigenvalue weighted by molar-refractivity contribution is 5.78. The molecular weight excluding hydrogens is 274 g/mol. The third kappa shape index (κ3) is 3.88. The van der Waals surface area contributed by atoms with E-state index < -0.39 is 0 Å². The van der Waals surface area contributed by atoms with Crippen LogP contribution in [0, 0.1) is 5.92 Å². The molecule has 2 aromatic rings. The predicted molar refractivity (Wildman–Crippen MR) is 87.7 cm³/mol. The first-order valence-electron chi connectivity index (χ1n) is 7.80. The number of nitrogens with one attached hydrogen (secondary N) is 1. The van der Waals surface area contributed by atoms with Gasteiger partial charge in [-0.25, -0.2) is 0 Å². The van der Waals surface area contributed by atoms with Crippen molar-refractivity contribution in [2.24, 2.45) is 5.92 Å². The van der Waals surface area contributed by atoms with Gasteiger partial charge in [0.15, 0.2) is 6.61 Å². The number of carbonyl (C=O) groups excluding carboxylic acids is 1. The van der Waals surface area contributed by atoms with Gasteiger partial charge in [-0.15, -0.1) is 0 Å². The smallest absolute Gasteiger partial charge is 0.258 e. The average molecular weight is 295 g/mol. The van der Waals surface area contributed by atoms with Crippen LogP contribution in [0.25, 0.3) is 11.1 Å². The second-order valence-corrected chi connectivity index (χ2v) is 5.87. The zero-order valence-corrected chi connectivity index (χ0v) is 12.8. The van der Waals surface area contributed by atoms with Crippen LogP contribution in [0.4, 0.5) is 0 Å². The lowest BCUT2D eigenvalue weighted by Crippen LogP contribution is -2.37. The van der Waals surface area contributed by atoms with Gasteiger partial charge in [0.05, 0.1) is 0 Å². The van der Waals surface area contributed by atoms with E-state index in [4.69, 9.17) is 4.74 Å². The van der Waals surface area contributed by atoms with E-state index in [0.29, 0.717) is 11.7 Å². The number of rotatable bonds is 6. The molecule has 1 saturated carbocycles. The number of hydrogen-bond acceptors (Lipinski definition) is 2. The normalized spacial score (nSPS) is 15.1. The lowest BCUT2D eigenvalue weighted by Gasteiger charge is -2.13. The van der Waals surface area contributed by atoms with Gasteiger partial charge in [0.1, 0.15) is 5.75 Å². The zero-order valence-electron chi connectivity index (χ0n) is 12.8. The summed E-state index contributed by atoms with van der Waals surface area (Å²) in [5, 5.41) is 2.99. The molecule has 0 aliphatic heterocycles. The minimum atomic E-state index is -0.0495. The molecule has 0 spiro atoms. The first-order valence-corrected chi connectivity index (χ1v) is 7.80. The van der Waals surface area contributed by atoms with Gasteiger partial charge in [0.2, 0.25) is 0 Å². The van der Waals surface area contributed by atoms with E-state index in [9.17, 15) is 4.79 Å². The summed E-state index contributed by atoms with van der Waals surface area (Å²) in [5.74, 6) is 1.33. The fourth-order valence-corrected chi connectivity index (χ4v) is 2.53. The first kappa shape index (κ1) is 14.6. The Morgan fingerprint density at radius 1 is 1.09 bits per heavy atom. The molecule has 0 unspecified atom stereocenters. The van der Waals surface area contributed by atoms with Crippen molar-refractivity contribution < 1.29 is 9.53 Å². The van der Waals surface area contributed by atoms with Crippen LogP contribution in [0.2, 0.25) is 0 Å². The minimum Gasteiger partial charge on any atom is -0.484 e. The summed E-state index contributed by atoms with van der Waals surface area (Å²) in [7, 11) is 0. The van der Waals surface area contributed by atoms with Crippen molar-refractivity contribution in [3.63, 3.8) is 0 Å². The Labute approximate surface area is 131 Å². The molecule has 1 amide bonds. The highest BCUT2D eigenvalue weighted by Crippen LogP contribution is 2.32. The first-order chi connectivity index (χ1) is 10.7. The monoisotopic (exact) mass is 295 g/mol. The number of benzene rings is 2. The van der Waals surface area contributed by atoms with E-state index in [2.05, 4.69) is 24.4 Å². The summed E-state index contributed by atoms with van der Waals surface area (Å²) in [6.07, 6.45) is 2.45. The molecule has 114 valence electrons. The van der Waals surface area contributed by atoms with Crippen LogP contribution in [-0.4, -0.2) is 18.6 Å². The summed E-state index contributed by atoms with van der Waals surface area (Å²) in [6.45, 7) is 2.13. The van der Waals surface area contributed by atoms with Crippen molar-refractivity contribution in [1.82, 2.24) is 5.32 Å². The van der Waals surface area contributed by atoms with Crippen molar-refractivity contribution in [3.8, 4) is 16.9 Å². The molecule has 3 heteroatoms. The lowest BCUT2D eigenvalue weighted by molar-refractivity contribution is -0.123. The van der Waals surface area contributed by atoms with E-state index in [1.165, 1.54) is 18.4 Å². The summed E-state index contributed by atoms with van der Waals surface area (Å²) in [4.78, 5) is 11.8. The van der Waals surface area contributed by atoms with Crippen LogP contribution < -0.4 is 10.1 Å². The van der Waals surface area contributed by atoms with Crippen LogP contribution in [0.1, 0.15) is 19.8 Å². The van der Waals surface area contributed by atoms with E-state index in [1.807, 2.05) is 42.5 Å². The Hall–Kier alpha value is -2.29. The maximum absolute atomic E-state index is 11.8. The van der Waals surface area contributed by atoms with E-state index in [1.54, 1.807) is 0 Å². The van der Waals surface area contributed by atoms with Gasteiger partial charge >= 0.3 is 0 Å². The van der Waals surface area contributed by atoms with E-state index in [-0.39, 0.29) is 18.6 Å². The largest absolute Gasteiger partial charge is 0.484 e. The Balaban J connectivity index is 1.51. The molecular formula is C19H21NO2. The molecule has 0 radical (unpaired) electrons. The van der Waals surface area contributed by atoms with E-state index in [0.717, 1.165) is 5.56 Å². The molecule has 0 heterocycles. The Kier molecular flexibility index (Phi) is 4.42. The Bertz CT molecular complexity index is 618. The highest BCUT2D eigenvalue weighted by atomic mass is 16.5. The Morgan fingerprint density at radius 2 is 1.73 bits per heavy atom. The molecule has 3 rings (SSSR count). The average Bonchev–Trinajstić information content (AvgIpc) is 3.39. The third-order valence-electron chi connectivity index (χ3n) is 4.05. The second-order valence-electron chi connectivity index (χ2n) is 5.87. The fourth-order valence-electron chi connectivity index (χ4n) is 2.53. The van der Waals surface area contributed by atoms with Crippen molar-refractivity contribution >= 4 is 5.91 Å². The highest BCUT2D eigenvalue weighted by Gasteiger charge is 2.28. The van der Waals surface area contributed by atoms with Crippen LogP contribution in [0.3, 0.4) is 0 Å². The van der Waals surface area contributed by atoms with Gasteiger partial charge in [-0.05, 0) is 48.9 Å². The number of carbonyl (C=O) groups is 1. The summed E-state index contributed by atoms with van der Waals surface area (Å²) in [6, 6.07) is 18.3. The van der Waals surface area contributed by atoms with Crippen LogP contribution >= 0.6 is 0 Å². The minimum absolute atomic E-state index is 0.0495. The molecule has 0 bridgehead atoms. The molecule has 1 aliphatic carbocycles. The van der Waals surface area contributed by atoms with Crippen molar-refractivity contribution in [1.29, 1.82) is 0 Å². The Morgan fingerprint density at radius 3 is 2.36 bits per heavy atom. The molecule has 3 nitrogen and oxygen atoms in total. The molecule has 22 heavy (non-hydrogen) atoms. The van der Waals surface area contributed by atoms with Crippen LogP contribution in [-0.2, 0) is 4.79 Å². The topological polar surface area (TPSA) is 38.3 Å². The summed E-state index contributed by atoms with van der Waals surface area (Å²) >= 11 is 0. The molecule has 1 N–H and O–H groups in total. The zero-order chi connectivity index (χ0) is 15.4. The fraction of sp³-hybridized carbons (Fsp3) is 0.316. The third-order valence-corrected chi connectivity index (χ3v) is 4.05. The maximum atomic E-state index is 11.8. The van der Waals surface area contributed by atoms with Crippen molar-refractivity contribution in [2.45, 2.75) is 25.8 Å². The summed E-state index contributed by atoms with van der Waals surface area (Å²) in [5.41, 5.74) is 2.31. The standard InChI is InChI=1S/C19H21NO2/c1-14(15-7-8-15)20-19(21)13-22-18-11-9-17(10-12-18)16-5-3-2-4-6-16/h2-6,9-12,14-15H,7-8,13H2,1H3,(H,20,21)/t14-/m0/s1. The molecule has 0 aromatic heterocycles. The van der Waals surface area contributed by atoms with Crippen molar-refractivity contribution in [3.05, 3.63) is 54.6 Å². The van der Waals surface area contributed by atoms with Crippen LogP contribution in [0.15, 0.2) is 54.6 Å². The molecule has 1 atom stereocenters. The molecule has 0 saturated heterocycles. The van der Waals surface area contributed by atoms with Crippen LogP contribution in [0.5, 0.6) is 5.75 Å².